The summed E-state index contributed by atoms with van der Waals surface area (Å²) in [5.74, 6) is -0.583. The highest BCUT2D eigenvalue weighted by molar-refractivity contribution is 5.83. The predicted molar refractivity (Wildman–Crippen MR) is 44.5 cm³/mol. The van der Waals surface area contributed by atoms with Crippen LogP contribution in [0, 0.1) is 5.92 Å². The van der Waals surface area contributed by atoms with E-state index in [0.717, 1.165) is 0 Å². The third-order valence-corrected chi connectivity index (χ3v) is 1.48. The second kappa shape index (κ2) is 4.74. The monoisotopic (exact) mass is 173 g/mol. The van der Waals surface area contributed by atoms with Crippen LogP contribution in [0.5, 0.6) is 0 Å². The van der Waals surface area contributed by atoms with Crippen molar-refractivity contribution in [3.05, 3.63) is 0 Å². The summed E-state index contributed by atoms with van der Waals surface area (Å²) < 4.78 is 4.52. The largest absolute Gasteiger partial charge is 0.467 e. The van der Waals surface area contributed by atoms with Crippen LogP contribution in [0.3, 0.4) is 0 Å². The Morgan fingerprint density at radius 1 is 1.33 bits per heavy atom. The molecule has 0 heterocycles. The molecular formula is C8H15NO3. The number of nitrogens with one attached hydrogen (secondary N) is 1. The van der Waals surface area contributed by atoms with Gasteiger partial charge in [0.25, 0.3) is 0 Å². The van der Waals surface area contributed by atoms with Crippen molar-refractivity contribution in [2.24, 2.45) is 5.92 Å². The van der Waals surface area contributed by atoms with Gasteiger partial charge in [0.05, 0.1) is 7.11 Å². The average molecular weight is 173 g/mol. The first kappa shape index (κ1) is 10.9. The number of ether oxygens (including phenoxy) is 1. The standard InChI is InChI=1S/C8H15NO3/c1-5(2)7(8(11)12-4)9-6(3)10/h5,7H,1-4H3,(H,9,10). The van der Waals surface area contributed by atoms with E-state index in [1.165, 1.54) is 14.0 Å². The van der Waals surface area contributed by atoms with Crippen molar-refractivity contribution < 1.29 is 14.3 Å². The second-order valence-corrected chi connectivity index (χ2v) is 2.95. The van der Waals surface area contributed by atoms with E-state index in [0.29, 0.717) is 0 Å². The van der Waals surface area contributed by atoms with Gasteiger partial charge in [-0.1, -0.05) is 13.8 Å². The Balaban J connectivity index is 4.23. The molecule has 0 bridgehead atoms. The third kappa shape index (κ3) is 3.37. The molecule has 0 aromatic rings. The second-order valence-electron chi connectivity index (χ2n) is 2.95. The summed E-state index contributed by atoms with van der Waals surface area (Å²) in [6.07, 6.45) is 0. The smallest absolute Gasteiger partial charge is 0.328 e. The topological polar surface area (TPSA) is 55.4 Å². The summed E-state index contributed by atoms with van der Waals surface area (Å²) in [6, 6.07) is -0.535. The maximum absolute atomic E-state index is 11.1. The fraction of sp³-hybridized carbons (Fsp3) is 0.750. The van der Waals surface area contributed by atoms with Crippen molar-refractivity contribution in [3.63, 3.8) is 0 Å². The first-order valence-electron chi connectivity index (χ1n) is 3.84. The zero-order valence-corrected chi connectivity index (χ0v) is 7.88. The van der Waals surface area contributed by atoms with E-state index in [1.807, 2.05) is 13.8 Å². The summed E-state index contributed by atoms with van der Waals surface area (Å²) in [7, 11) is 1.31. The molecular weight excluding hydrogens is 158 g/mol. The summed E-state index contributed by atoms with van der Waals surface area (Å²) in [6.45, 7) is 5.06. The molecule has 70 valence electrons. The summed E-state index contributed by atoms with van der Waals surface area (Å²) >= 11 is 0. The van der Waals surface area contributed by atoms with Crippen molar-refractivity contribution in [1.29, 1.82) is 0 Å². The third-order valence-electron chi connectivity index (χ3n) is 1.48. The minimum atomic E-state index is -0.535. The van der Waals surface area contributed by atoms with Gasteiger partial charge in [0.2, 0.25) is 5.91 Å². The Morgan fingerprint density at radius 2 is 1.83 bits per heavy atom. The lowest BCUT2D eigenvalue weighted by atomic mass is 10.1. The van der Waals surface area contributed by atoms with E-state index in [9.17, 15) is 9.59 Å². The van der Waals surface area contributed by atoms with Gasteiger partial charge in [0, 0.05) is 6.92 Å². The van der Waals surface area contributed by atoms with Gasteiger partial charge in [-0.25, -0.2) is 4.79 Å². The van der Waals surface area contributed by atoms with E-state index in [2.05, 4.69) is 10.1 Å². The molecule has 1 amide bonds. The van der Waals surface area contributed by atoms with E-state index in [4.69, 9.17) is 0 Å². The number of carbonyl (C=O) groups is 2. The molecule has 0 aromatic carbocycles. The summed E-state index contributed by atoms with van der Waals surface area (Å²) in [5.41, 5.74) is 0. The van der Waals surface area contributed by atoms with Crippen molar-refractivity contribution in [2.45, 2.75) is 26.8 Å². The fourth-order valence-corrected chi connectivity index (χ4v) is 0.844. The maximum atomic E-state index is 11.1. The van der Waals surface area contributed by atoms with Gasteiger partial charge in [0.15, 0.2) is 0 Å². The molecule has 12 heavy (non-hydrogen) atoms. The molecule has 0 radical (unpaired) electrons. The molecule has 1 atom stereocenters. The molecule has 0 aromatic heterocycles. The molecule has 0 saturated carbocycles. The Bertz CT molecular complexity index is 177. The number of carbonyl (C=O) groups excluding carboxylic acids is 2. The first-order chi connectivity index (χ1) is 5.49. The Hall–Kier alpha value is -1.06. The first-order valence-corrected chi connectivity index (χ1v) is 3.84. The Morgan fingerprint density at radius 3 is 2.08 bits per heavy atom. The highest BCUT2D eigenvalue weighted by Crippen LogP contribution is 2.02. The number of methoxy groups -OCH3 is 1. The van der Waals surface area contributed by atoms with Gasteiger partial charge >= 0.3 is 5.97 Å². The van der Waals surface area contributed by atoms with Crippen LogP contribution in [0.15, 0.2) is 0 Å². The molecule has 0 rings (SSSR count). The van der Waals surface area contributed by atoms with Crippen molar-refractivity contribution in [2.75, 3.05) is 7.11 Å². The van der Waals surface area contributed by atoms with Gasteiger partial charge in [-0.2, -0.15) is 0 Å². The minimum Gasteiger partial charge on any atom is -0.467 e. The zero-order chi connectivity index (χ0) is 9.72. The zero-order valence-electron chi connectivity index (χ0n) is 7.88. The van der Waals surface area contributed by atoms with Gasteiger partial charge in [-0.15, -0.1) is 0 Å². The number of amides is 1. The van der Waals surface area contributed by atoms with Crippen LogP contribution in [0.4, 0.5) is 0 Å². The SMILES string of the molecule is COC(=O)C(NC(C)=O)C(C)C. The molecule has 1 N–H and O–H groups in total. The molecule has 0 spiro atoms. The predicted octanol–water partition coefficient (Wildman–Crippen LogP) is 0.320. The highest BCUT2D eigenvalue weighted by atomic mass is 16.5. The Labute approximate surface area is 72.3 Å². The lowest BCUT2D eigenvalue weighted by Crippen LogP contribution is -2.44. The Kier molecular flexibility index (Phi) is 4.33. The van der Waals surface area contributed by atoms with Crippen LogP contribution in [-0.4, -0.2) is 25.0 Å². The van der Waals surface area contributed by atoms with Crippen LogP contribution >= 0.6 is 0 Å². The molecule has 4 nitrogen and oxygen atoms in total. The molecule has 0 aliphatic rings. The molecule has 4 heteroatoms. The van der Waals surface area contributed by atoms with Crippen molar-refractivity contribution in [3.8, 4) is 0 Å². The lowest BCUT2D eigenvalue weighted by molar-refractivity contribution is -0.146. The molecule has 0 aliphatic carbocycles. The minimum absolute atomic E-state index is 0.0429. The normalized spacial score (nSPS) is 12.4. The van der Waals surface area contributed by atoms with Crippen LogP contribution in [0.1, 0.15) is 20.8 Å². The number of rotatable bonds is 3. The molecule has 0 fully saturated rings. The quantitative estimate of drug-likeness (QED) is 0.625. The van der Waals surface area contributed by atoms with Gasteiger partial charge in [0.1, 0.15) is 6.04 Å². The number of hydrogen-bond acceptors (Lipinski definition) is 3. The van der Waals surface area contributed by atoms with E-state index < -0.39 is 12.0 Å². The molecule has 0 aliphatic heterocycles. The average Bonchev–Trinajstić information content (AvgIpc) is 1.98. The number of esters is 1. The number of hydrogen-bond donors (Lipinski definition) is 1. The van der Waals surface area contributed by atoms with E-state index in [-0.39, 0.29) is 11.8 Å². The molecule has 1 unspecified atom stereocenters. The van der Waals surface area contributed by atoms with Crippen LogP contribution < -0.4 is 5.32 Å². The summed E-state index contributed by atoms with van der Waals surface area (Å²) in [5, 5.41) is 2.52. The van der Waals surface area contributed by atoms with Gasteiger partial charge in [-0.05, 0) is 5.92 Å². The van der Waals surface area contributed by atoms with Crippen LogP contribution in [0.2, 0.25) is 0 Å². The van der Waals surface area contributed by atoms with Crippen molar-refractivity contribution >= 4 is 11.9 Å². The maximum Gasteiger partial charge on any atom is 0.328 e. The van der Waals surface area contributed by atoms with E-state index in [1.54, 1.807) is 0 Å². The fourth-order valence-electron chi connectivity index (χ4n) is 0.844. The van der Waals surface area contributed by atoms with Gasteiger partial charge < -0.3 is 10.1 Å². The van der Waals surface area contributed by atoms with Gasteiger partial charge in [-0.3, -0.25) is 4.79 Å². The lowest BCUT2D eigenvalue weighted by Gasteiger charge is -2.18. The van der Waals surface area contributed by atoms with E-state index >= 15 is 0 Å². The summed E-state index contributed by atoms with van der Waals surface area (Å²) in [4.78, 5) is 21.7. The van der Waals surface area contributed by atoms with Crippen LogP contribution in [-0.2, 0) is 14.3 Å². The van der Waals surface area contributed by atoms with Crippen molar-refractivity contribution in [1.82, 2.24) is 5.32 Å². The highest BCUT2D eigenvalue weighted by Gasteiger charge is 2.23. The molecule has 0 saturated heterocycles. The van der Waals surface area contributed by atoms with Crippen LogP contribution in [0.25, 0.3) is 0 Å².